The van der Waals surface area contributed by atoms with Crippen LogP contribution < -0.4 is 28.4 Å². The molecule has 0 aromatic heterocycles. The summed E-state index contributed by atoms with van der Waals surface area (Å²) in [6.07, 6.45) is 0. The van der Waals surface area contributed by atoms with Crippen LogP contribution in [0.25, 0.3) is 0 Å². The Hall–Kier alpha value is -7.65. The lowest BCUT2D eigenvalue weighted by Crippen LogP contribution is -2.15. The van der Waals surface area contributed by atoms with Gasteiger partial charge in [-0.25, -0.2) is 9.59 Å². The molecule has 294 valence electrons. The smallest absolute Gasteiger partial charge is 0.343 e. The summed E-state index contributed by atoms with van der Waals surface area (Å²) in [7, 11) is 0. The molecule has 0 saturated carbocycles. The van der Waals surface area contributed by atoms with Crippen molar-refractivity contribution in [2.24, 2.45) is 0 Å². The topological polar surface area (TPSA) is 107 Å². The van der Waals surface area contributed by atoms with Crippen LogP contribution in [0.5, 0.6) is 34.5 Å². The molecule has 9 heteroatoms. The zero-order valence-electron chi connectivity index (χ0n) is 32.2. The van der Waals surface area contributed by atoms with Crippen LogP contribution in [0.15, 0.2) is 176 Å². The Morgan fingerprint density at radius 3 is 1.00 bits per heavy atom. The van der Waals surface area contributed by atoms with E-state index in [4.69, 9.17) is 28.4 Å². The minimum Gasteiger partial charge on any atom is -0.485 e. The van der Waals surface area contributed by atoms with Crippen LogP contribution in [0, 0.1) is 0 Å². The molecular weight excluding hydrogens is 745 g/mol. The Bertz CT molecular complexity index is 2340. The minimum absolute atomic E-state index is 0.0825. The van der Waals surface area contributed by atoms with Crippen molar-refractivity contribution in [2.75, 3.05) is 0 Å². The lowest BCUT2D eigenvalue weighted by molar-refractivity contribution is 0.0728. The fourth-order valence-corrected chi connectivity index (χ4v) is 6.02. The molecule has 0 saturated heterocycles. The Balaban J connectivity index is 1.10. The van der Waals surface area contributed by atoms with Crippen LogP contribution in [-0.4, -0.2) is 17.7 Å². The third kappa shape index (κ3) is 10.8. The van der Waals surface area contributed by atoms with Crippen molar-refractivity contribution in [2.45, 2.75) is 33.4 Å². The number of rotatable bonds is 17. The van der Waals surface area contributed by atoms with Crippen molar-refractivity contribution in [1.29, 1.82) is 0 Å². The average Bonchev–Trinajstić information content (AvgIpc) is 3.27. The molecule has 0 aliphatic carbocycles. The van der Waals surface area contributed by atoms with Crippen molar-refractivity contribution in [3.8, 4) is 34.5 Å². The van der Waals surface area contributed by atoms with E-state index in [1.807, 2.05) is 121 Å². The van der Waals surface area contributed by atoms with Gasteiger partial charge in [0.25, 0.3) is 0 Å². The molecular formula is C50H40O9. The summed E-state index contributed by atoms with van der Waals surface area (Å²) in [4.78, 5) is 40.4. The highest BCUT2D eigenvalue weighted by atomic mass is 16.6. The number of carbonyl (C=O) groups excluding carboxylic acids is 3. The maximum absolute atomic E-state index is 13.7. The summed E-state index contributed by atoms with van der Waals surface area (Å²) in [5.74, 6) is -0.643. The third-order valence-electron chi connectivity index (χ3n) is 9.05. The second-order valence-electron chi connectivity index (χ2n) is 13.4. The quantitative estimate of drug-likeness (QED) is 0.0507. The summed E-state index contributed by atoms with van der Waals surface area (Å²) in [6, 6.07) is 52.5. The normalized spacial score (nSPS) is 10.6. The second-order valence-corrected chi connectivity index (χ2v) is 13.4. The van der Waals surface area contributed by atoms with Gasteiger partial charge < -0.3 is 28.4 Å². The zero-order chi connectivity index (χ0) is 40.8. The number of hydrogen-bond acceptors (Lipinski definition) is 9. The molecule has 0 radical (unpaired) electrons. The number of carbonyl (C=O) groups is 3. The Morgan fingerprint density at radius 2 is 0.678 bits per heavy atom. The van der Waals surface area contributed by atoms with Gasteiger partial charge in [0, 0.05) is 0 Å². The van der Waals surface area contributed by atoms with Crippen LogP contribution in [0.2, 0.25) is 0 Å². The van der Waals surface area contributed by atoms with E-state index in [2.05, 4.69) is 0 Å². The molecule has 59 heavy (non-hydrogen) atoms. The highest BCUT2D eigenvalue weighted by Gasteiger charge is 2.23. The summed E-state index contributed by atoms with van der Waals surface area (Å²) >= 11 is 0. The van der Waals surface area contributed by atoms with Crippen LogP contribution in [-0.2, 0) is 26.4 Å². The van der Waals surface area contributed by atoms with E-state index >= 15 is 0 Å². The first kappa shape index (κ1) is 39.6. The number of ether oxygens (including phenoxy) is 6. The molecule has 7 aromatic rings. The van der Waals surface area contributed by atoms with Gasteiger partial charge in [-0.15, -0.1) is 0 Å². The molecule has 0 spiro atoms. The van der Waals surface area contributed by atoms with Crippen LogP contribution in [0.3, 0.4) is 0 Å². The molecule has 0 fully saturated rings. The van der Waals surface area contributed by atoms with E-state index in [0.29, 0.717) is 23.0 Å². The first-order chi connectivity index (χ1) is 28.9. The predicted octanol–water partition coefficient (Wildman–Crippen LogP) is 10.6. The molecule has 0 atom stereocenters. The predicted molar refractivity (Wildman–Crippen MR) is 222 cm³/mol. The summed E-state index contributed by atoms with van der Waals surface area (Å²) in [5, 5.41) is 0. The summed E-state index contributed by atoms with van der Waals surface area (Å²) in [6.45, 7) is 2.33. The van der Waals surface area contributed by atoms with Crippen LogP contribution in [0.1, 0.15) is 60.3 Å². The fourth-order valence-electron chi connectivity index (χ4n) is 6.02. The van der Waals surface area contributed by atoms with E-state index in [9.17, 15) is 14.4 Å². The van der Waals surface area contributed by atoms with Gasteiger partial charge in [-0.05, 0) is 77.7 Å². The molecule has 0 aliphatic rings. The van der Waals surface area contributed by atoms with Crippen molar-refractivity contribution >= 4 is 17.7 Å². The average molecular weight is 785 g/mol. The number of ketones is 1. The van der Waals surface area contributed by atoms with Gasteiger partial charge in [0.2, 0.25) is 0 Å². The third-order valence-corrected chi connectivity index (χ3v) is 9.05. The molecule has 7 aromatic carbocycles. The van der Waals surface area contributed by atoms with Gasteiger partial charge in [-0.1, -0.05) is 127 Å². The van der Waals surface area contributed by atoms with Crippen molar-refractivity contribution in [1.82, 2.24) is 0 Å². The van der Waals surface area contributed by atoms with Gasteiger partial charge in [0.15, 0.2) is 28.8 Å². The summed E-state index contributed by atoms with van der Waals surface area (Å²) < 4.78 is 36.1. The maximum atomic E-state index is 13.7. The fraction of sp³-hybridized carbons (Fsp3) is 0.100. The molecule has 0 N–H and O–H groups in total. The molecule has 7 rings (SSSR count). The van der Waals surface area contributed by atoms with E-state index in [1.165, 1.54) is 37.3 Å². The monoisotopic (exact) mass is 784 g/mol. The van der Waals surface area contributed by atoms with Gasteiger partial charge in [0.05, 0.1) is 11.1 Å². The van der Waals surface area contributed by atoms with E-state index < -0.39 is 17.7 Å². The van der Waals surface area contributed by atoms with E-state index in [-0.39, 0.29) is 54.6 Å². The first-order valence-corrected chi connectivity index (χ1v) is 18.9. The molecule has 0 unspecified atom stereocenters. The lowest BCUT2D eigenvalue weighted by atomic mass is 10.1. The first-order valence-electron chi connectivity index (χ1n) is 18.9. The Labute approximate surface area is 342 Å². The van der Waals surface area contributed by atoms with Crippen molar-refractivity contribution in [3.05, 3.63) is 215 Å². The number of hydrogen-bond donors (Lipinski definition) is 0. The SMILES string of the molecule is CC(=O)c1c(OC(=O)c2ccc(OCc3ccccc3)c(OCc3ccccc3)c2)cccc1OC(=O)c1ccc(OCc2ccccc2)c(OCc2ccccc2)c1. The molecule has 0 heterocycles. The zero-order valence-corrected chi connectivity index (χ0v) is 32.2. The number of esters is 2. The minimum atomic E-state index is -0.763. The van der Waals surface area contributed by atoms with Gasteiger partial charge in [-0.3, -0.25) is 4.79 Å². The molecule has 0 aliphatic heterocycles. The summed E-state index contributed by atoms with van der Waals surface area (Å²) in [5.41, 5.74) is 3.99. The standard InChI is InChI=1S/C50H40O9/c1-35(51)48-44(58-49(52)40-25-27-42(54-31-36-15-6-2-7-16-36)46(29-40)56-33-38-19-10-4-11-20-38)23-14-24-45(48)59-50(53)41-26-28-43(55-32-37-17-8-3-9-18-37)47(30-41)57-34-39-21-12-5-13-22-39/h2-30H,31-34H2,1H3. The van der Waals surface area contributed by atoms with Crippen molar-refractivity contribution in [3.63, 3.8) is 0 Å². The Kier molecular flexibility index (Phi) is 13.1. The largest absolute Gasteiger partial charge is 0.485 e. The van der Waals surface area contributed by atoms with Crippen LogP contribution in [0.4, 0.5) is 0 Å². The van der Waals surface area contributed by atoms with E-state index in [0.717, 1.165) is 22.3 Å². The van der Waals surface area contributed by atoms with Crippen molar-refractivity contribution < 1.29 is 42.8 Å². The van der Waals surface area contributed by atoms with Crippen LogP contribution >= 0.6 is 0 Å². The van der Waals surface area contributed by atoms with E-state index in [1.54, 1.807) is 24.3 Å². The maximum Gasteiger partial charge on any atom is 0.343 e. The molecule has 0 amide bonds. The molecule has 0 bridgehead atoms. The highest BCUT2D eigenvalue weighted by molar-refractivity contribution is 6.03. The van der Waals surface area contributed by atoms with Gasteiger partial charge >= 0.3 is 11.9 Å². The number of Topliss-reactive ketones (excluding diaryl/α,β-unsaturated/α-hetero) is 1. The number of benzene rings is 7. The van der Waals surface area contributed by atoms with Gasteiger partial charge in [-0.2, -0.15) is 0 Å². The molecule has 9 nitrogen and oxygen atoms in total. The lowest BCUT2D eigenvalue weighted by Gasteiger charge is -2.16. The second kappa shape index (κ2) is 19.5. The van der Waals surface area contributed by atoms with Gasteiger partial charge in [0.1, 0.15) is 43.5 Å². The highest BCUT2D eigenvalue weighted by Crippen LogP contribution is 2.35. The Morgan fingerprint density at radius 1 is 0.356 bits per heavy atom.